The van der Waals surface area contributed by atoms with Gasteiger partial charge in [-0.3, -0.25) is 9.78 Å². The summed E-state index contributed by atoms with van der Waals surface area (Å²) in [6.07, 6.45) is 1.67. The van der Waals surface area contributed by atoms with Crippen molar-refractivity contribution in [3.63, 3.8) is 0 Å². The van der Waals surface area contributed by atoms with Gasteiger partial charge in [0, 0.05) is 30.2 Å². The van der Waals surface area contributed by atoms with Gasteiger partial charge in [0.1, 0.15) is 5.69 Å². The molecule has 3 aromatic rings. The molecule has 138 valence electrons. The molecule has 0 aliphatic heterocycles. The number of benzene rings is 2. The van der Waals surface area contributed by atoms with E-state index in [4.69, 9.17) is 0 Å². The van der Waals surface area contributed by atoms with E-state index in [1.165, 1.54) is 5.56 Å². The van der Waals surface area contributed by atoms with Gasteiger partial charge in [-0.1, -0.05) is 42.5 Å². The summed E-state index contributed by atoms with van der Waals surface area (Å²) < 4.78 is 0. The van der Waals surface area contributed by atoms with E-state index in [1.54, 1.807) is 6.20 Å². The van der Waals surface area contributed by atoms with Gasteiger partial charge in [0.05, 0.1) is 0 Å². The number of anilines is 2. The van der Waals surface area contributed by atoms with Crippen LogP contribution >= 0.6 is 0 Å². The first-order valence-corrected chi connectivity index (χ1v) is 9.17. The lowest BCUT2D eigenvalue weighted by atomic mass is 10.1. The molecule has 1 N–H and O–H groups in total. The average molecular weight is 359 g/mol. The molecule has 0 aliphatic carbocycles. The fourth-order valence-corrected chi connectivity index (χ4v) is 2.93. The molecule has 1 aromatic heterocycles. The van der Waals surface area contributed by atoms with Crippen molar-refractivity contribution in [1.29, 1.82) is 0 Å². The highest BCUT2D eigenvalue weighted by Gasteiger charge is 2.20. The second kappa shape index (κ2) is 8.49. The third-order valence-corrected chi connectivity index (χ3v) is 4.37. The molecular formula is C23H25N3O. The van der Waals surface area contributed by atoms with Crippen LogP contribution in [0.4, 0.5) is 11.4 Å². The molecule has 0 atom stereocenters. The number of rotatable bonds is 6. The van der Waals surface area contributed by atoms with Crippen LogP contribution in [0.25, 0.3) is 0 Å². The molecular weight excluding hydrogens is 334 g/mol. The number of pyridine rings is 1. The normalized spacial score (nSPS) is 10.7. The highest BCUT2D eigenvalue weighted by molar-refractivity contribution is 5.93. The van der Waals surface area contributed by atoms with E-state index < -0.39 is 0 Å². The van der Waals surface area contributed by atoms with Gasteiger partial charge in [0.25, 0.3) is 5.91 Å². The molecule has 4 nitrogen and oxygen atoms in total. The molecule has 0 aliphatic rings. The van der Waals surface area contributed by atoms with Crippen LogP contribution < -0.4 is 5.32 Å². The van der Waals surface area contributed by atoms with E-state index in [9.17, 15) is 4.79 Å². The van der Waals surface area contributed by atoms with Crippen LogP contribution in [-0.4, -0.2) is 21.8 Å². The molecule has 1 amide bonds. The Bertz CT molecular complexity index is 906. The summed E-state index contributed by atoms with van der Waals surface area (Å²) in [5.74, 6) is -0.0678. The largest absolute Gasteiger partial charge is 0.355 e. The van der Waals surface area contributed by atoms with Crippen molar-refractivity contribution in [2.24, 2.45) is 0 Å². The Labute approximate surface area is 160 Å². The number of aromatic nitrogens is 1. The van der Waals surface area contributed by atoms with Crippen molar-refractivity contribution in [1.82, 2.24) is 9.88 Å². The lowest BCUT2D eigenvalue weighted by Gasteiger charge is -2.26. The minimum absolute atomic E-state index is 0.0678. The topological polar surface area (TPSA) is 45.2 Å². The Morgan fingerprint density at radius 3 is 2.44 bits per heavy atom. The van der Waals surface area contributed by atoms with Crippen LogP contribution in [0.15, 0.2) is 72.9 Å². The van der Waals surface area contributed by atoms with Gasteiger partial charge in [-0.05, 0) is 56.2 Å². The molecule has 0 saturated heterocycles. The van der Waals surface area contributed by atoms with Crippen molar-refractivity contribution >= 4 is 17.3 Å². The Kier molecular flexibility index (Phi) is 5.87. The zero-order valence-electron chi connectivity index (χ0n) is 16.0. The van der Waals surface area contributed by atoms with E-state index in [1.807, 2.05) is 73.3 Å². The second-order valence-electron chi connectivity index (χ2n) is 6.94. The highest BCUT2D eigenvalue weighted by atomic mass is 16.2. The van der Waals surface area contributed by atoms with E-state index in [0.29, 0.717) is 12.2 Å². The summed E-state index contributed by atoms with van der Waals surface area (Å²) in [4.78, 5) is 19.2. The second-order valence-corrected chi connectivity index (χ2v) is 6.94. The number of amides is 1. The minimum atomic E-state index is -0.0678. The third kappa shape index (κ3) is 4.94. The van der Waals surface area contributed by atoms with E-state index in [0.717, 1.165) is 16.9 Å². The summed E-state index contributed by atoms with van der Waals surface area (Å²) in [6, 6.07) is 21.9. The fourth-order valence-electron chi connectivity index (χ4n) is 2.93. The molecule has 0 bridgehead atoms. The van der Waals surface area contributed by atoms with Crippen LogP contribution in [-0.2, 0) is 6.54 Å². The van der Waals surface area contributed by atoms with E-state index in [2.05, 4.69) is 29.4 Å². The molecule has 0 radical (unpaired) electrons. The number of carbonyl (C=O) groups excluding carboxylic acids is 1. The summed E-state index contributed by atoms with van der Waals surface area (Å²) >= 11 is 0. The Hall–Kier alpha value is -3.14. The predicted octanol–water partition coefficient (Wildman–Crippen LogP) is 5.18. The predicted molar refractivity (Wildman–Crippen MR) is 110 cm³/mol. The van der Waals surface area contributed by atoms with Crippen molar-refractivity contribution in [3.05, 3.63) is 89.7 Å². The van der Waals surface area contributed by atoms with Crippen molar-refractivity contribution < 1.29 is 4.79 Å². The first-order valence-electron chi connectivity index (χ1n) is 9.17. The van der Waals surface area contributed by atoms with Gasteiger partial charge in [-0.2, -0.15) is 0 Å². The van der Waals surface area contributed by atoms with Crippen molar-refractivity contribution in [3.8, 4) is 0 Å². The molecule has 0 spiro atoms. The van der Waals surface area contributed by atoms with Gasteiger partial charge < -0.3 is 10.2 Å². The average Bonchev–Trinajstić information content (AvgIpc) is 2.66. The summed E-state index contributed by atoms with van der Waals surface area (Å²) in [7, 11) is 0. The standard InChI is InChI=1S/C23H25N3O/c1-17(2)26(16-19-9-5-4-6-10-19)23(27)22-15-21(12-13-24-22)25-20-11-7-8-18(3)14-20/h4-15,17H,16H2,1-3H3,(H,24,25). The van der Waals surface area contributed by atoms with Crippen molar-refractivity contribution in [2.45, 2.75) is 33.4 Å². The van der Waals surface area contributed by atoms with Gasteiger partial charge in [-0.15, -0.1) is 0 Å². The van der Waals surface area contributed by atoms with Crippen molar-refractivity contribution in [2.75, 3.05) is 5.32 Å². The highest BCUT2D eigenvalue weighted by Crippen LogP contribution is 2.19. The maximum atomic E-state index is 13.1. The first-order chi connectivity index (χ1) is 13.0. The molecule has 0 saturated carbocycles. The monoisotopic (exact) mass is 359 g/mol. The van der Waals surface area contributed by atoms with Crippen LogP contribution in [0, 0.1) is 6.92 Å². The minimum Gasteiger partial charge on any atom is -0.355 e. The third-order valence-electron chi connectivity index (χ3n) is 4.37. The lowest BCUT2D eigenvalue weighted by Crippen LogP contribution is -2.36. The number of hydrogen-bond donors (Lipinski definition) is 1. The molecule has 0 unspecified atom stereocenters. The van der Waals surface area contributed by atoms with E-state index >= 15 is 0 Å². The Balaban J connectivity index is 1.80. The van der Waals surface area contributed by atoms with Crippen LogP contribution in [0.2, 0.25) is 0 Å². The van der Waals surface area contributed by atoms with Crippen LogP contribution in [0.3, 0.4) is 0 Å². The fraction of sp³-hybridized carbons (Fsp3) is 0.217. The number of nitrogens with one attached hydrogen (secondary N) is 1. The smallest absolute Gasteiger partial charge is 0.273 e. The molecule has 27 heavy (non-hydrogen) atoms. The molecule has 4 heteroatoms. The molecule has 3 rings (SSSR count). The Morgan fingerprint density at radius 2 is 1.74 bits per heavy atom. The zero-order valence-corrected chi connectivity index (χ0v) is 16.0. The zero-order chi connectivity index (χ0) is 19.2. The first kappa shape index (κ1) is 18.6. The SMILES string of the molecule is Cc1cccc(Nc2ccnc(C(=O)N(Cc3ccccc3)C(C)C)c2)c1. The van der Waals surface area contributed by atoms with Gasteiger partial charge in [0.15, 0.2) is 0 Å². The summed E-state index contributed by atoms with van der Waals surface area (Å²) in [6.45, 7) is 6.66. The van der Waals surface area contributed by atoms with Gasteiger partial charge in [-0.25, -0.2) is 0 Å². The van der Waals surface area contributed by atoms with Gasteiger partial charge >= 0.3 is 0 Å². The lowest BCUT2D eigenvalue weighted by molar-refractivity contribution is 0.0684. The number of hydrogen-bond acceptors (Lipinski definition) is 3. The quantitative estimate of drug-likeness (QED) is 0.659. The molecule has 1 heterocycles. The molecule has 0 fully saturated rings. The number of nitrogens with zero attached hydrogens (tertiary/aromatic N) is 2. The number of carbonyl (C=O) groups is 1. The maximum Gasteiger partial charge on any atom is 0.273 e. The van der Waals surface area contributed by atoms with Crippen LogP contribution in [0.1, 0.15) is 35.5 Å². The maximum absolute atomic E-state index is 13.1. The Morgan fingerprint density at radius 1 is 1.00 bits per heavy atom. The summed E-state index contributed by atoms with van der Waals surface area (Å²) in [5.41, 5.74) is 4.57. The summed E-state index contributed by atoms with van der Waals surface area (Å²) in [5, 5.41) is 3.35. The number of aryl methyl sites for hydroxylation is 1. The van der Waals surface area contributed by atoms with Gasteiger partial charge in [0.2, 0.25) is 0 Å². The van der Waals surface area contributed by atoms with Crippen LogP contribution in [0.5, 0.6) is 0 Å². The molecule has 2 aromatic carbocycles. The van der Waals surface area contributed by atoms with E-state index in [-0.39, 0.29) is 11.9 Å².